The van der Waals surface area contributed by atoms with Crippen molar-refractivity contribution < 1.29 is 4.79 Å². The zero-order valence-electron chi connectivity index (χ0n) is 13.4. The Bertz CT molecular complexity index is 479. The quantitative estimate of drug-likeness (QED) is 0.914. The number of hydrogen-bond acceptors (Lipinski definition) is 4. The Morgan fingerprint density at radius 1 is 1.27 bits per heavy atom. The van der Waals surface area contributed by atoms with Crippen LogP contribution in [-0.2, 0) is 4.79 Å². The highest BCUT2D eigenvalue weighted by atomic mass is 16.2. The van der Waals surface area contributed by atoms with E-state index in [9.17, 15) is 4.79 Å². The molecule has 2 saturated heterocycles. The van der Waals surface area contributed by atoms with Gasteiger partial charge in [0, 0.05) is 38.6 Å². The van der Waals surface area contributed by atoms with E-state index >= 15 is 0 Å². The van der Waals surface area contributed by atoms with Crippen molar-refractivity contribution in [3.8, 4) is 0 Å². The molecule has 0 aromatic carbocycles. The van der Waals surface area contributed by atoms with Gasteiger partial charge in [-0.25, -0.2) is 0 Å². The fourth-order valence-electron chi connectivity index (χ4n) is 3.39. The minimum atomic E-state index is -0.167. The van der Waals surface area contributed by atoms with Crippen LogP contribution in [0, 0.1) is 5.92 Å². The van der Waals surface area contributed by atoms with E-state index in [4.69, 9.17) is 0 Å². The molecule has 1 N–H and O–H groups in total. The van der Waals surface area contributed by atoms with Gasteiger partial charge in [0.15, 0.2) is 0 Å². The van der Waals surface area contributed by atoms with Crippen molar-refractivity contribution in [3.05, 3.63) is 30.1 Å². The molecule has 0 spiro atoms. The first-order chi connectivity index (χ1) is 10.8. The third-order valence-corrected chi connectivity index (χ3v) is 4.85. The summed E-state index contributed by atoms with van der Waals surface area (Å²) in [6.45, 7) is 7.69. The molecule has 3 heterocycles. The number of pyridine rings is 1. The molecule has 2 aliphatic rings. The predicted octanol–water partition coefficient (Wildman–Crippen LogP) is 1.29. The second kappa shape index (κ2) is 7.20. The Morgan fingerprint density at radius 3 is 2.64 bits per heavy atom. The third-order valence-electron chi connectivity index (χ3n) is 4.85. The molecule has 1 unspecified atom stereocenters. The molecule has 0 aliphatic carbocycles. The van der Waals surface area contributed by atoms with Crippen LogP contribution in [-0.4, -0.2) is 60.0 Å². The molecule has 5 nitrogen and oxygen atoms in total. The first kappa shape index (κ1) is 15.4. The van der Waals surface area contributed by atoms with Crippen LogP contribution in [0.1, 0.15) is 31.4 Å². The topological polar surface area (TPSA) is 48.5 Å². The molecule has 1 aromatic heterocycles. The Hall–Kier alpha value is -1.46. The lowest BCUT2D eigenvalue weighted by atomic mass is 9.95. The molecule has 22 heavy (non-hydrogen) atoms. The van der Waals surface area contributed by atoms with E-state index in [1.165, 1.54) is 12.8 Å². The van der Waals surface area contributed by atoms with Crippen molar-refractivity contribution in [2.75, 3.05) is 39.3 Å². The fourth-order valence-corrected chi connectivity index (χ4v) is 3.39. The normalized spacial score (nSPS) is 22.5. The lowest BCUT2D eigenvalue weighted by Crippen LogP contribution is -2.51. The summed E-state index contributed by atoms with van der Waals surface area (Å²) in [7, 11) is 0. The maximum absolute atomic E-state index is 13.1. The molecule has 3 rings (SSSR count). The van der Waals surface area contributed by atoms with Crippen molar-refractivity contribution in [1.82, 2.24) is 20.1 Å². The fraction of sp³-hybridized carbons (Fsp3) is 0.647. The summed E-state index contributed by atoms with van der Waals surface area (Å²) in [5.74, 6) is 1.00. The molecule has 1 aromatic rings. The van der Waals surface area contributed by atoms with Crippen LogP contribution in [0.15, 0.2) is 24.5 Å². The zero-order chi connectivity index (χ0) is 15.4. The SMILES string of the molecule is CC1CCN(C(C(=O)N2CCNCC2)c2cccnc2)CC1. The summed E-state index contributed by atoms with van der Waals surface area (Å²) >= 11 is 0. The number of piperazine rings is 1. The maximum Gasteiger partial charge on any atom is 0.244 e. The number of likely N-dealkylation sites (tertiary alicyclic amines) is 1. The molecule has 2 aliphatic heterocycles. The van der Waals surface area contributed by atoms with Gasteiger partial charge in [-0.15, -0.1) is 0 Å². The smallest absolute Gasteiger partial charge is 0.244 e. The number of nitrogens with one attached hydrogen (secondary N) is 1. The molecular formula is C17H26N4O. The zero-order valence-corrected chi connectivity index (χ0v) is 13.4. The molecule has 1 amide bonds. The summed E-state index contributed by atoms with van der Waals surface area (Å²) in [5.41, 5.74) is 1.03. The number of hydrogen-bond donors (Lipinski definition) is 1. The Morgan fingerprint density at radius 2 is 2.00 bits per heavy atom. The van der Waals surface area contributed by atoms with Gasteiger partial charge in [0.1, 0.15) is 6.04 Å². The maximum atomic E-state index is 13.1. The summed E-state index contributed by atoms with van der Waals surface area (Å²) in [6.07, 6.45) is 5.97. The lowest BCUT2D eigenvalue weighted by molar-refractivity contribution is -0.138. The van der Waals surface area contributed by atoms with E-state index < -0.39 is 0 Å². The predicted molar refractivity (Wildman–Crippen MR) is 86.4 cm³/mol. The largest absolute Gasteiger partial charge is 0.338 e. The van der Waals surface area contributed by atoms with Gasteiger partial charge >= 0.3 is 0 Å². The number of carbonyl (C=O) groups excluding carboxylic acids is 1. The number of nitrogens with zero attached hydrogens (tertiary/aromatic N) is 3. The van der Waals surface area contributed by atoms with Gasteiger partial charge in [0.2, 0.25) is 5.91 Å². The van der Waals surface area contributed by atoms with Gasteiger partial charge in [-0.1, -0.05) is 13.0 Å². The van der Waals surface area contributed by atoms with E-state index in [0.29, 0.717) is 0 Å². The Labute approximate surface area is 132 Å². The van der Waals surface area contributed by atoms with E-state index in [0.717, 1.165) is 50.7 Å². The summed E-state index contributed by atoms with van der Waals surface area (Å²) in [5, 5.41) is 3.31. The van der Waals surface area contributed by atoms with Crippen molar-refractivity contribution in [2.24, 2.45) is 5.92 Å². The second-order valence-electron chi connectivity index (χ2n) is 6.48. The number of amides is 1. The number of carbonyl (C=O) groups is 1. The molecule has 0 saturated carbocycles. The summed E-state index contributed by atoms with van der Waals surface area (Å²) < 4.78 is 0. The van der Waals surface area contributed by atoms with Gasteiger partial charge in [0.25, 0.3) is 0 Å². The van der Waals surface area contributed by atoms with Crippen molar-refractivity contribution >= 4 is 5.91 Å². The van der Waals surface area contributed by atoms with Gasteiger partial charge in [-0.3, -0.25) is 14.7 Å². The van der Waals surface area contributed by atoms with Crippen LogP contribution >= 0.6 is 0 Å². The molecule has 0 radical (unpaired) electrons. The monoisotopic (exact) mass is 302 g/mol. The van der Waals surface area contributed by atoms with Crippen molar-refractivity contribution in [3.63, 3.8) is 0 Å². The first-order valence-electron chi connectivity index (χ1n) is 8.39. The minimum absolute atomic E-state index is 0.167. The van der Waals surface area contributed by atoms with Crippen LogP contribution in [0.2, 0.25) is 0 Å². The third kappa shape index (κ3) is 3.47. The average Bonchev–Trinajstić information content (AvgIpc) is 2.58. The Kier molecular flexibility index (Phi) is 5.05. The molecular weight excluding hydrogens is 276 g/mol. The number of rotatable bonds is 3. The highest BCUT2D eigenvalue weighted by Gasteiger charge is 2.33. The van der Waals surface area contributed by atoms with Crippen molar-refractivity contribution in [2.45, 2.75) is 25.8 Å². The van der Waals surface area contributed by atoms with Gasteiger partial charge < -0.3 is 10.2 Å². The number of piperidine rings is 1. The van der Waals surface area contributed by atoms with Crippen LogP contribution in [0.4, 0.5) is 0 Å². The standard InChI is InChI=1S/C17H26N4O/c1-14-4-9-20(10-5-14)16(15-3-2-6-19-13-15)17(22)21-11-7-18-8-12-21/h2-3,6,13-14,16,18H,4-5,7-12H2,1H3. The molecule has 2 fully saturated rings. The van der Waals surface area contributed by atoms with E-state index in [-0.39, 0.29) is 11.9 Å². The molecule has 0 bridgehead atoms. The van der Waals surface area contributed by atoms with Gasteiger partial charge in [-0.2, -0.15) is 0 Å². The van der Waals surface area contributed by atoms with E-state index in [1.807, 2.05) is 23.2 Å². The van der Waals surface area contributed by atoms with Crippen LogP contribution in [0.5, 0.6) is 0 Å². The highest BCUT2D eigenvalue weighted by Crippen LogP contribution is 2.28. The molecule has 5 heteroatoms. The minimum Gasteiger partial charge on any atom is -0.338 e. The molecule has 1 atom stereocenters. The summed E-state index contributed by atoms with van der Waals surface area (Å²) in [4.78, 5) is 21.7. The van der Waals surface area contributed by atoms with Gasteiger partial charge in [0.05, 0.1) is 0 Å². The van der Waals surface area contributed by atoms with Crippen LogP contribution < -0.4 is 5.32 Å². The Balaban J connectivity index is 1.81. The van der Waals surface area contributed by atoms with Crippen molar-refractivity contribution in [1.29, 1.82) is 0 Å². The number of aromatic nitrogens is 1. The first-order valence-corrected chi connectivity index (χ1v) is 8.39. The lowest BCUT2D eigenvalue weighted by Gasteiger charge is -2.39. The van der Waals surface area contributed by atoms with Crippen LogP contribution in [0.25, 0.3) is 0 Å². The average molecular weight is 302 g/mol. The van der Waals surface area contributed by atoms with Crippen LogP contribution in [0.3, 0.4) is 0 Å². The van der Waals surface area contributed by atoms with E-state index in [1.54, 1.807) is 6.20 Å². The van der Waals surface area contributed by atoms with Gasteiger partial charge in [-0.05, 0) is 43.5 Å². The summed E-state index contributed by atoms with van der Waals surface area (Å²) in [6, 6.07) is 3.80. The second-order valence-corrected chi connectivity index (χ2v) is 6.48. The molecule has 120 valence electrons. The highest BCUT2D eigenvalue weighted by molar-refractivity contribution is 5.83. The van der Waals surface area contributed by atoms with E-state index in [2.05, 4.69) is 22.1 Å².